The summed E-state index contributed by atoms with van der Waals surface area (Å²) in [6.45, 7) is -0.390. The molecule has 96 valence electrons. The Bertz CT molecular complexity index is 336. The molecule has 16 heavy (non-hydrogen) atoms. The van der Waals surface area contributed by atoms with Gasteiger partial charge in [0.2, 0.25) is 5.02 Å². The van der Waals surface area contributed by atoms with Gasteiger partial charge in [0.25, 0.3) is 0 Å². The Morgan fingerprint density at radius 2 is 1.50 bits per heavy atom. The summed E-state index contributed by atoms with van der Waals surface area (Å²) in [6.07, 6.45) is -1.35. The van der Waals surface area contributed by atoms with Gasteiger partial charge in [-0.1, -0.05) is 0 Å². The van der Waals surface area contributed by atoms with E-state index in [1.165, 1.54) is 0 Å². The maximum absolute atomic E-state index is 10.9. The lowest BCUT2D eigenvalue weighted by molar-refractivity contribution is -0.117. The molecule has 0 bridgehead atoms. The van der Waals surface area contributed by atoms with Gasteiger partial charge in [0, 0.05) is 6.42 Å². The average molecular weight is 276 g/mol. The van der Waals surface area contributed by atoms with Crippen LogP contribution in [-0.2, 0) is 13.9 Å². The predicted octanol–water partition coefficient (Wildman–Crippen LogP) is -1.74. The van der Waals surface area contributed by atoms with E-state index < -0.39 is 45.4 Å². The van der Waals surface area contributed by atoms with E-state index in [2.05, 4.69) is 0 Å². The molecule has 0 atom stereocenters. The van der Waals surface area contributed by atoms with E-state index in [1.54, 1.807) is 0 Å². The van der Waals surface area contributed by atoms with Crippen LogP contribution in [0, 0.1) is 0 Å². The number of ketones is 1. The first-order chi connectivity index (χ1) is 6.95. The highest BCUT2D eigenvalue weighted by atomic mass is 31.2. The van der Waals surface area contributed by atoms with E-state index in [9.17, 15) is 13.9 Å². The SMILES string of the molecule is NCC(=O)CCC(N)(P(=O)(O)O)P(=O)(O)O. The van der Waals surface area contributed by atoms with Crippen LogP contribution in [0.25, 0.3) is 0 Å². The second-order valence-electron chi connectivity index (χ2n) is 3.21. The van der Waals surface area contributed by atoms with Gasteiger partial charge in [-0.15, -0.1) is 0 Å². The van der Waals surface area contributed by atoms with Crippen molar-refractivity contribution >= 4 is 21.0 Å². The van der Waals surface area contributed by atoms with E-state index in [1.807, 2.05) is 0 Å². The summed E-state index contributed by atoms with van der Waals surface area (Å²) in [5.74, 6) is -0.600. The van der Waals surface area contributed by atoms with Crippen LogP contribution in [0.15, 0.2) is 0 Å². The summed E-state index contributed by atoms with van der Waals surface area (Å²) in [7, 11) is -10.5. The number of Topliss-reactive ketones (excluding diaryl/α,β-unsaturated/α-hetero) is 1. The van der Waals surface area contributed by atoms with Gasteiger partial charge in [-0.2, -0.15) is 0 Å². The Balaban J connectivity index is 5.08. The minimum Gasteiger partial charge on any atom is -0.324 e. The quantitative estimate of drug-likeness (QED) is 0.306. The molecular weight excluding hydrogens is 262 g/mol. The summed E-state index contributed by atoms with van der Waals surface area (Å²) in [5, 5.41) is -3.04. The van der Waals surface area contributed by atoms with Crippen molar-refractivity contribution in [2.45, 2.75) is 17.9 Å². The molecule has 11 heteroatoms. The molecule has 0 aromatic rings. The van der Waals surface area contributed by atoms with Gasteiger partial charge in [-0.3, -0.25) is 13.9 Å². The Morgan fingerprint density at radius 3 is 1.75 bits per heavy atom. The number of hydrogen-bond donors (Lipinski definition) is 6. The van der Waals surface area contributed by atoms with E-state index >= 15 is 0 Å². The number of rotatable bonds is 6. The molecule has 0 saturated heterocycles. The maximum Gasteiger partial charge on any atom is 0.357 e. The first kappa shape index (κ1) is 15.9. The van der Waals surface area contributed by atoms with Crippen molar-refractivity contribution in [2.24, 2.45) is 11.5 Å². The van der Waals surface area contributed by atoms with Crippen LogP contribution in [0.3, 0.4) is 0 Å². The summed E-state index contributed by atoms with van der Waals surface area (Å²) in [4.78, 5) is 46.1. The lowest BCUT2D eigenvalue weighted by Gasteiger charge is -2.30. The highest BCUT2D eigenvalue weighted by Crippen LogP contribution is 2.67. The fourth-order valence-corrected chi connectivity index (χ4v) is 3.05. The zero-order valence-corrected chi connectivity index (χ0v) is 9.97. The van der Waals surface area contributed by atoms with Gasteiger partial charge in [0.05, 0.1) is 6.54 Å². The monoisotopic (exact) mass is 276 g/mol. The summed E-state index contributed by atoms with van der Waals surface area (Å²) in [5.41, 5.74) is 9.98. The number of nitrogens with two attached hydrogens (primary N) is 2. The van der Waals surface area contributed by atoms with Crippen LogP contribution in [0.2, 0.25) is 0 Å². The molecule has 0 unspecified atom stereocenters. The highest BCUT2D eigenvalue weighted by Gasteiger charge is 2.56. The summed E-state index contributed by atoms with van der Waals surface area (Å²) in [6, 6.07) is 0. The van der Waals surface area contributed by atoms with Gasteiger partial charge in [0.1, 0.15) is 5.78 Å². The van der Waals surface area contributed by atoms with Crippen molar-refractivity contribution in [1.29, 1.82) is 0 Å². The molecule has 0 aliphatic carbocycles. The normalized spacial score (nSPS) is 13.9. The summed E-state index contributed by atoms with van der Waals surface area (Å²) < 4.78 is 21.9. The lowest BCUT2D eigenvalue weighted by atomic mass is 10.2. The standard InChI is InChI=1S/C5H14N2O7P2/c6-3-4(8)1-2-5(7,15(9,10)11)16(12,13)14/h1-3,6-7H2,(H2,9,10,11)(H2,12,13,14). The average Bonchev–Trinajstić information content (AvgIpc) is 2.09. The number of hydrogen-bond acceptors (Lipinski definition) is 5. The first-order valence-corrected chi connectivity index (χ1v) is 7.30. The Labute approximate surface area is 91.1 Å². The minimum atomic E-state index is -5.25. The first-order valence-electron chi connectivity index (χ1n) is 4.07. The van der Waals surface area contributed by atoms with Gasteiger partial charge < -0.3 is 31.0 Å². The van der Waals surface area contributed by atoms with Gasteiger partial charge in [0.15, 0.2) is 0 Å². The summed E-state index contributed by atoms with van der Waals surface area (Å²) >= 11 is 0. The van der Waals surface area contributed by atoms with Gasteiger partial charge in [-0.25, -0.2) is 0 Å². The van der Waals surface area contributed by atoms with Crippen LogP contribution in [-0.4, -0.2) is 36.9 Å². The van der Waals surface area contributed by atoms with Crippen molar-refractivity contribution in [3.63, 3.8) is 0 Å². The van der Waals surface area contributed by atoms with Crippen molar-refractivity contribution in [3.05, 3.63) is 0 Å². The molecule has 0 aromatic heterocycles. The van der Waals surface area contributed by atoms with Crippen molar-refractivity contribution in [2.75, 3.05) is 6.54 Å². The Kier molecular flexibility index (Phi) is 5.00. The third-order valence-electron chi connectivity index (χ3n) is 2.01. The third-order valence-corrected chi connectivity index (χ3v) is 6.04. The topological polar surface area (TPSA) is 184 Å². The molecular formula is C5H14N2O7P2. The zero-order chi connectivity index (χ0) is 13.2. The fourth-order valence-electron chi connectivity index (χ4n) is 0.886. The highest BCUT2D eigenvalue weighted by molar-refractivity contribution is 7.72. The van der Waals surface area contributed by atoms with Crippen molar-refractivity contribution in [3.8, 4) is 0 Å². The lowest BCUT2D eigenvalue weighted by Crippen LogP contribution is -2.40. The maximum atomic E-state index is 10.9. The molecule has 0 rings (SSSR count). The Morgan fingerprint density at radius 1 is 1.12 bits per heavy atom. The molecule has 0 spiro atoms. The Hall–Kier alpha value is -0.110. The van der Waals surface area contributed by atoms with Crippen LogP contribution in [0.1, 0.15) is 12.8 Å². The molecule has 0 radical (unpaired) electrons. The second-order valence-corrected chi connectivity index (χ2v) is 7.33. The van der Waals surface area contributed by atoms with E-state index in [-0.39, 0.29) is 0 Å². The van der Waals surface area contributed by atoms with E-state index in [4.69, 9.17) is 31.0 Å². The van der Waals surface area contributed by atoms with E-state index in [0.29, 0.717) is 0 Å². The minimum absolute atomic E-state index is 0.390. The number of carbonyl (C=O) groups excluding carboxylic acids is 1. The molecule has 0 aliphatic rings. The van der Waals surface area contributed by atoms with E-state index in [0.717, 1.165) is 0 Å². The largest absolute Gasteiger partial charge is 0.357 e. The molecule has 9 nitrogen and oxygen atoms in total. The second kappa shape index (κ2) is 5.03. The smallest absolute Gasteiger partial charge is 0.324 e. The molecule has 0 amide bonds. The molecule has 0 saturated carbocycles. The van der Waals surface area contributed by atoms with Crippen LogP contribution >= 0.6 is 15.2 Å². The van der Waals surface area contributed by atoms with Crippen LogP contribution in [0.4, 0.5) is 0 Å². The van der Waals surface area contributed by atoms with Gasteiger partial charge in [-0.05, 0) is 6.42 Å². The van der Waals surface area contributed by atoms with Crippen molar-refractivity contribution < 1.29 is 33.5 Å². The predicted molar refractivity (Wildman–Crippen MR) is 54.3 cm³/mol. The molecule has 0 fully saturated rings. The molecule has 0 aliphatic heterocycles. The fraction of sp³-hybridized carbons (Fsp3) is 0.800. The molecule has 0 aromatic carbocycles. The van der Waals surface area contributed by atoms with Crippen LogP contribution in [0.5, 0.6) is 0 Å². The van der Waals surface area contributed by atoms with Gasteiger partial charge >= 0.3 is 15.2 Å². The van der Waals surface area contributed by atoms with Crippen LogP contribution < -0.4 is 11.5 Å². The third kappa shape index (κ3) is 3.44. The zero-order valence-electron chi connectivity index (χ0n) is 8.18. The number of carbonyl (C=O) groups is 1. The molecule has 0 heterocycles. The van der Waals surface area contributed by atoms with Crippen molar-refractivity contribution in [1.82, 2.24) is 0 Å². The molecule has 8 N–H and O–H groups in total.